The van der Waals surface area contributed by atoms with Crippen molar-refractivity contribution in [3.63, 3.8) is 0 Å². The summed E-state index contributed by atoms with van der Waals surface area (Å²) in [6.45, 7) is 7.02. The van der Waals surface area contributed by atoms with Crippen LogP contribution in [0.4, 0.5) is 0 Å². The minimum Gasteiger partial charge on any atom is -0.490 e. The lowest BCUT2D eigenvalue weighted by molar-refractivity contribution is 0.0703. The highest BCUT2D eigenvalue weighted by molar-refractivity contribution is 5.43. The van der Waals surface area contributed by atoms with Crippen molar-refractivity contribution in [3.05, 3.63) is 23.8 Å². The molecule has 2 N–H and O–H groups in total. The summed E-state index contributed by atoms with van der Waals surface area (Å²) >= 11 is 0. The van der Waals surface area contributed by atoms with Gasteiger partial charge in [0.15, 0.2) is 11.5 Å². The summed E-state index contributed by atoms with van der Waals surface area (Å²) in [4.78, 5) is 0. The first kappa shape index (κ1) is 15.8. The van der Waals surface area contributed by atoms with Gasteiger partial charge >= 0.3 is 0 Å². The lowest BCUT2D eigenvalue weighted by Crippen LogP contribution is -2.18. The number of nitrogens with two attached hydrogens (primary N) is 1. The SMILES string of the molecule is CCOc1cc(CC(C)N)ccc1OCC(C)OC. The van der Waals surface area contributed by atoms with E-state index in [1.807, 2.05) is 39.0 Å². The second-order valence-corrected chi connectivity index (χ2v) is 4.75. The number of benzene rings is 1. The zero-order chi connectivity index (χ0) is 14.3. The van der Waals surface area contributed by atoms with Crippen LogP contribution >= 0.6 is 0 Å². The molecule has 0 aliphatic heterocycles. The van der Waals surface area contributed by atoms with Gasteiger partial charge in [0.25, 0.3) is 0 Å². The normalized spacial score (nSPS) is 13.9. The molecule has 0 aliphatic rings. The largest absolute Gasteiger partial charge is 0.490 e. The van der Waals surface area contributed by atoms with Gasteiger partial charge < -0.3 is 19.9 Å². The van der Waals surface area contributed by atoms with Gasteiger partial charge in [0.2, 0.25) is 0 Å². The minimum absolute atomic E-state index is 0.0539. The van der Waals surface area contributed by atoms with Crippen molar-refractivity contribution in [1.82, 2.24) is 0 Å². The van der Waals surface area contributed by atoms with Gasteiger partial charge in [-0.25, -0.2) is 0 Å². The highest BCUT2D eigenvalue weighted by Crippen LogP contribution is 2.29. The van der Waals surface area contributed by atoms with Crippen LogP contribution in [0.2, 0.25) is 0 Å². The molecule has 0 saturated carbocycles. The Bertz CT molecular complexity index is 380. The fraction of sp³-hybridized carbons (Fsp3) is 0.600. The van der Waals surface area contributed by atoms with Crippen molar-refractivity contribution in [2.75, 3.05) is 20.3 Å². The van der Waals surface area contributed by atoms with Gasteiger partial charge in [0, 0.05) is 13.2 Å². The molecule has 0 heterocycles. The zero-order valence-electron chi connectivity index (χ0n) is 12.3. The van der Waals surface area contributed by atoms with Crippen LogP contribution in [0.1, 0.15) is 26.3 Å². The lowest BCUT2D eigenvalue weighted by atomic mass is 10.1. The molecule has 0 radical (unpaired) electrons. The topological polar surface area (TPSA) is 53.7 Å². The molecule has 0 aliphatic carbocycles. The van der Waals surface area contributed by atoms with E-state index in [4.69, 9.17) is 19.9 Å². The number of methoxy groups -OCH3 is 1. The molecule has 0 spiro atoms. The smallest absolute Gasteiger partial charge is 0.161 e. The fourth-order valence-corrected chi connectivity index (χ4v) is 1.71. The second kappa shape index (κ2) is 8.02. The van der Waals surface area contributed by atoms with Crippen LogP contribution in [0.15, 0.2) is 18.2 Å². The first-order valence-corrected chi connectivity index (χ1v) is 6.73. The molecule has 108 valence electrons. The summed E-state index contributed by atoms with van der Waals surface area (Å²) in [5.41, 5.74) is 6.97. The Labute approximate surface area is 115 Å². The predicted octanol–water partition coefficient (Wildman–Crippen LogP) is 2.39. The fourth-order valence-electron chi connectivity index (χ4n) is 1.71. The third-order valence-corrected chi connectivity index (χ3v) is 2.74. The summed E-state index contributed by atoms with van der Waals surface area (Å²) in [6, 6.07) is 6.10. The molecule has 0 aromatic heterocycles. The maximum atomic E-state index is 5.81. The Morgan fingerprint density at radius 1 is 1.16 bits per heavy atom. The predicted molar refractivity (Wildman–Crippen MR) is 76.9 cm³/mol. The summed E-state index contributed by atoms with van der Waals surface area (Å²) in [5.74, 6) is 1.52. The third-order valence-electron chi connectivity index (χ3n) is 2.74. The van der Waals surface area contributed by atoms with Gasteiger partial charge in [0.1, 0.15) is 6.61 Å². The van der Waals surface area contributed by atoms with Crippen LogP contribution in [0.3, 0.4) is 0 Å². The maximum Gasteiger partial charge on any atom is 0.161 e. The van der Waals surface area contributed by atoms with E-state index in [0.717, 1.165) is 23.5 Å². The number of rotatable bonds is 8. The molecule has 0 saturated heterocycles. The van der Waals surface area contributed by atoms with Gasteiger partial charge in [0.05, 0.1) is 12.7 Å². The zero-order valence-corrected chi connectivity index (χ0v) is 12.3. The molecule has 4 nitrogen and oxygen atoms in total. The van der Waals surface area contributed by atoms with Crippen LogP contribution in [-0.4, -0.2) is 32.5 Å². The first-order chi connectivity index (χ1) is 9.06. The Kier molecular flexibility index (Phi) is 6.67. The van der Waals surface area contributed by atoms with Crippen molar-refractivity contribution in [2.24, 2.45) is 5.73 Å². The van der Waals surface area contributed by atoms with Crippen molar-refractivity contribution < 1.29 is 14.2 Å². The van der Waals surface area contributed by atoms with Crippen molar-refractivity contribution >= 4 is 0 Å². The van der Waals surface area contributed by atoms with E-state index in [1.165, 1.54) is 0 Å². The molecule has 0 fully saturated rings. The molecule has 0 amide bonds. The van der Waals surface area contributed by atoms with Crippen LogP contribution in [-0.2, 0) is 11.2 Å². The molecule has 0 bridgehead atoms. The van der Waals surface area contributed by atoms with Crippen LogP contribution in [0.5, 0.6) is 11.5 Å². The third kappa shape index (κ3) is 5.49. The highest BCUT2D eigenvalue weighted by atomic mass is 16.5. The van der Waals surface area contributed by atoms with E-state index in [2.05, 4.69) is 0 Å². The molecule has 2 atom stereocenters. The quantitative estimate of drug-likeness (QED) is 0.785. The average molecular weight is 267 g/mol. The average Bonchev–Trinajstić information content (AvgIpc) is 2.37. The second-order valence-electron chi connectivity index (χ2n) is 4.75. The number of hydrogen-bond acceptors (Lipinski definition) is 4. The van der Waals surface area contributed by atoms with Gasteiger partial charge in [-0.3, -0.25) is 0 Å². The number of ether oxygens (including phenoxy) is 3. The van der Waals surface area contributed by atoms with Gasteiger partial charge in [-0.15, -0.1) is 0 Å². The molecule has 19 heavy (non-hydrogen) atoms. The van der Waals surface area contributed by atoms with Crippen molar-refractivity contribution in [3.8, 4) is 11.5 Å². The molecule has 4 heteroatoms. The maximum absolute atomic E-state index is 5.81. The summed E-state index contributed by atoms with van der Waals surface area (Å²) < 4.78 is 16.5. The highest BCUT2D eigenvalue weighted by Gasteiger charge is 2.09. The number of hydrogen-bond donors (Lipinski definition) is 1. The van der Waals surface area contributed by atoms with Crippen LogP contribution in [0.25, 0.3) is 0 Å². The van der Waals surface area contributed by atoms with Crippen molar-refractivity contribution in [1.29, 1.82) is 0 Å². The van der Waals surface area contributed by atoms with E-state index >= 15 is 0 Å². The monoisotopic (exact) mass is 267 g/mol. The lowest BCUT2D eigenvalue weighted by Gasteiger charge is -2.16. The first-order valence-electron chi connectivity index (χ1n) is 6.73. The summed E-state index contributed by atoms with van der Waals surface area (Å²) in [5, 5.41) is 0. The van der Waals surface area contributed by atoms with Gasteiger partial charge in [-0.1, -0.05) is 6.07 Å². The van der Waals surface area contributed by atoms with E-state index in [0.29, 0.717) is 13.2 Å². The summed E-state index contributed by atoms with van der Waals surface area (Å²) in [7, 11) is 1.67. The van der Waals surface area contributed by atoms with Gasteiger partial charge in [-0.05, 0) is 44.9 Å². The molecule has 1 aromatic carbocycles. The van der Waals surface area contributed by atoms with E-state index < -0.39 is 0 Å². The van der Waals surface area contributed by atoms with E-state index in [9.17, 15) is 0 Å². The van der Waals surface area contributed by atoms with E-state index in [-0.39, 0.29) is 12.1 Å². The molecule has 2 unspecified atom stereocenters. The molecular weight excluding hydrogens is 242 g/mol. The molecular formula is C15H25NO3. The minimum atomic E-state index is 0.0539. The van der Waals surface area contributed by atoms with Gasteiger partial charge in [-0.2, -0.15) is 0 Å². The van der Waals surface area contributed by atoms with Crippen LogP contribution in [0, 0.1) is 0 Å². The Balaban J connectivity index is 2.78. The Morgan fingerprint density at radius 2 is 1.89 bits per heavy atom. The molecule has 1 aromatic rings. The van der Waals surface area contributed by atoms with Crippen molar-refractivity contribution in [2.45, 2.75) is 39.3 Å². The summed E-state index contributed by atoms with van der Waals surface area (Å²) in [6.07, 6.45) is 0.882. The van der Waals surface area contributed by atoms with Crippen LogP contribution < -0.4 is 15.2 Å². The Hall–Kier alpha value is -1.26. The standard InChI is InChI=1S/C15H25NO3/c1-5-18-15-9-13(8-11(2)16)6-7-14(15)19-10-12(3)17-4/h6-7,9,11-12H,5,8,10,16H2,1-4H3. The Morgan fingerprint density at radius 3 is 2.47 bits per heavy atom. The molecule has 1 rings (SSSR count). The van der Waals surface area contributed by atoms with E-state index in [1.54, 1.807) is 7.11 Å².